The molecule has 0 radical (unpaired) electrons. The summed E-state index contributed by atoms with van der Waals surface area (Å²) in [5.41, 5.74) is 0.184. The van der Waals surface area contributed by atoms with Crippen molar-refractivity contribution in [2.24, 2.45) is 5.14 Å². The minimum Gasteiger partial charge on any atom is -0.453 e. The molecular formula is C17H17ClN2O6S2. The van der Waals surface area contributed by atoms with Gasteiger partial charge in [0, 0.05) is 12.1 Å². The summed E-state index contributed by atoms with van der Waals surface area (Å²) in [5, 5.41) is 7.48. The van der Waals surface area contributed by atoms with Gasteiger partial charge < -0.3 is 10.1 Å². The molecule has 0 unspecified atom stereocenters. The fourth-order valence-electron chi connectivity index (χ4n) is 2.11. The van der Waals surface area contributed by atoms with Gasteiger partial charge in [-0.25, -0.2) is 13.6 Å². The van der Waals surface area contributed by atoms with Gasteiger partial charge in [0.05, 0.1) is 20.5 Å². The maximum Gasteiger partial charge on any atom is 0.307 e. The van der Waals surface area contributed by atoms with Gasteiger partial charge in [-0.15, -0.1) is 11.3 Å². The summed E-state index contributed by atoms with van der Waals surface area (Å²) in [7, 11) is -3.91. The van der Waals surface area contributed by atoms with Crippen LogP contribution in [-0.2, 0) is 24.3 Å². The van der Waals surface area contributed by atoms with Crippen LogP contribution in [0.1, 0.15) is 29.4 Å². The maximum atomic E-state index is 12.1. The SMILES string of the molecule is C[C@H](OC(=O)CCC(=O)c1ccc(Cl)s1)C(=O)Nc1cccc(S(N)(=O)=O)c1. The van der Waals surface area contributed by atoms with Crippen molar-refractivity contribution in [3.8, 4) is 0 Å². The third-order valence-electron chi connectivity index (χ3n) is 3.51. The molecular weight excluding hydrogens is 428 g/mol. The number of Topliss-reactive ketones (excluding diaryl/α,β-unsaturated/α-hetero) is 1. The number of nitrogens with two attached hydrogens (primary N) is 1. The number of primary sulfonamides is 1. The number of hydrogen-bond acceptors (Lipinski definition) is 7. The molecule has 0 aliphatic rings. The first kappa shape index (κ1) is 22.0. The lowest BCUT2D eigenvalue weighted by atomic mass is 10.2. The molecule has 1 atom stereocenters. The van der Waals surface area contributed by atoms with Crippen molar-refractivity contribution in [1.29, 1.82) is 0 Å². The summed E-state index contributed by atoms with van der Waals surface area (Å²) in [6, 6.07) is 8.51. The van der Waals surface area contributed by atoms with Crippen LogP contribution in [0.4, 0.5) is 5.69 Å². The molecule has 1 amide bonds. The molecule has 3 N–H and O–H groups in total. The summed E-state index contributed by atoms with van der Waals surface area (Å²) in [6.45, 7) is 1.36. The fraction of sp³-hybridized carbons (Fsp3) is 0.235. The minimum absolute atomic E-state index is 0.0690. The number of hydrogen-bond donors (Lipinski definition) is 2. The molecule has 0 fully saturated rings. The minimum atomic E-state index is -3.91. The lowest BCUT2D eigenvalue weighted by molar-refractivity contribution is -0.153. The Kier molecular flexibility index (Phi) is 7.30. The van der Waals surface area contributed by atoms with Gasteiger partial charge in [-0.3, -0.25) is 14.4 Å². The number of nitrogens with one attached hydrogen (secondary N) is 1. The van der Waals surface area contributed by atoms with Crippen molar-refractivity contribution in [2.75, 3.05) is 5.32 Å². The predicted molar refractivity (Wildman–Crippen MR) is 105 cm³/mol. The van der Waals surface area contributed by atoms with Crippen LogP contribution < -0.4 is 10.5 Å². The van der Waals surface area contributed by atoms with Gasteiger partial charge in [-0.05, 0) is 37.3 Å². The highest BCUT2D eigenvalue weighted by Gasteiger charge is 2.20. The molecule has 0 bridgehead atoms. The molecule has 150 valence electrons. The third kappa shape index (κ3) is 6.41. The summed E-state index contributed by atoms with van der Waals surface area (Å²) < 4.78 is 28.2. The van der Waals surface area contributed by atoms with Crippen LogP contribution in [-0.4, -0.2) is 32.2 Å². The molecule has 11 heteroatoms. The summed E-state index contributed by atoms with van der Waals surface area (Å²) in [4.78, 5) is 36.2. The Morgan fingerprint density at radius 1 is 1.21 bits per heavy atom. The van der Waals surface area contributed by atoms with Crippen molar-refractivity contribution >= 4 is 56.3 Å². The number of amides is 1. The van der Waals surface area contributed by atoms with Crippen LogP contribution in [0, 0.1) is 0 Å². The lowest BCUT2D eigenvalue weighted by Gasteiger charge is -2.13. The fourth-order valence-corrected chi connectivity index (χ4v) is 3.68. The van der Waals surface area contributed by atoms with E-state index in [0.717, 1.165) is 11.3 Å². The standard InChI is InChI=1S/C17H17ClN2O6S2/c1-10(17(23)20-11-3-2-4-12(9-11)28(19,24)25)26-16(22)8-5-13(21)14-6-7-15(18)27-14/h2-4,6-7,9-10H,5,8H2,1H3,(H,20,23)(H2,19,24,25)/t10-/m0/s1. The Hall–Kier alpha value is -2.27. The highest BCUT2D eigenvalue weighted by Crippen LogP contribution is 2.23. The Bertz CT molecular complexity index is 1000. The molecule has 0 saturated carbocycles. The van der Waals surface area contributed by atoms with Gasteiger partial charge >= 0.3 is 5.97 Å². The van der Waals surface area contributed by atoms with E-state index < -0.39 is 28.0 Å². The van der Waals surface area contributed by atoms with Crippen molar-refractivity contribution in [3.05, 3.63) is 45.6 Å². The highest BCUT2D eigenvalue weighted by atomic mass is 35.5. The number of sulfonamides is 1. The first-order chi connectivity index (χ1) is 13.1. The largest absolute Gasteiger partial charge is 0.453 e. The van der Waals surface area contributed by atoms with E-state index in [1.165, 1.54) is 31.2 Å². The van der Waals surface area contributed by atoms with Gasteiger partial charge in [-0.2, -0.15) is 0 Å². The second-order valence-corrected chi connectivity index (χ2v) is 9.00. The monoisotopic (exact) mass is 444 g/mol. The predicted octanol–water partition coefficient (Wildman–Crippen LogP) is 2.58. The zero-order chi connectivity index (χ0) is 20.9. The van der Waals surface area contributed by atoms with E-state index in [1.54, 1.807) is 12.1 Å². The quantitative estimate of drug-likeness (QED) is 0.475. The molecule has 2 rings (SSSR count). The molecule has 0 spiro atoms. The average molecular weight is 445 g/mol. The number of carbonyl (C=O) groups is 3. The number of ketones is 1. The Morgan fingerprint density at radius 2 is 1.93 bits per heavy atom. The van der Waals surface area contributed by atoms with E-state index in [4.69, 9.17) is 21.5 Å². The van der Waals surface area contributed by atoms with Crippen LogP contribution in [0.3, 0.4) is 0 Å². The molecule has 0 aliphatic heterocycles. The molecule has 28 heavy (non-hydrogen) atoms. The van der Waals surface area contributed by atoms with Gasteiger partial charge in [0.2, 0.25) is 10.0 Å². The van der Waals surface area contributed by atoms with E-state index in [2.05, 4.69) is 5.32 Å². The van der Waals surface area contributed by atoms with E-state index in [1.807, 2.05) is 0 Å². The zero-order valence-corrected chi connectivity index (χ0v) is 17.1. The van der Waals surface area contributed by atoms with Crippen LogP contribution >= 0.6 is 22.9 Å². The molecule has 2 aromatic rings. The first-order valence-corrected chi connectivity index (χ1v) is 10.7. The molecule has 0 aliphatic carbocycles. The number of anilines is 1. The van der Waals surface area contributed by atoms with Crippen molar-refractivity contribution < 1.29 is 27.5 Å². The van der Waals surface area contributed by atoms with Crippen LogP contribution in [0.5, 0.6) is 0 Å². The van der Waals surface area contributed by atoms with E-state index >= 15 is 0 Å². The second-order valence-electron chi connectivity index (χ2n) is 5.72. The maximum absolute atomic E-state index is 12.1. The molecule has 1 heterocycles. The lowest BCUT2D eigenvalue weighted by Crippen LogP contribution is -2.30. The smallest absolute Gasteiger partial charge is 0.307 e. The number of esters is 1. The van der Waals surface area contributed by atoms with E-state index in [0.29, 0.717) is 9.21 Å². The molecule has 8 nitrogen and oxygen atoms in total. The number of rotatable bonds is 8. The van der Waals surface area contributed by atoms with Gasteiger partial charge in [0.1, 0.15) is 0 Å². The van der Waals surface area contributed by atoms with Gasteiger partial charge in [0.25, 0.3) is 5.91 Å². The van der Waals surface area contributed by atoms with Crippen molar-refractivity contribution in [1.82, 2.24) is 0 Å². The summed E-state index contributed by atoms with van der Waals surface area (Å²) in [6.07, 6.45) is -1.40. The van der Waals surface area contributed by atoms with E-state index in [9.17, 15) is 22.8 Å². The molecule has 1 aromatic carbocycles. The topological polar surface area (TPSA) is 133 Å². The summed E-state index contributed by atoms with van der Waals surface area (Å²) in [5.74, 6) is -1.61. The van der Waals surface area contributed by atoms with Crippen LogP contribution in [0.25, 0.3) is 0 Å². The second kappa shape index (κ2) is 9.28. The molecule has 1 aromatic heterocycles. The number of ether oxygens (including phenoxy) is 1. The normalized spacial score (nSPS) is 12.2. The summed E-state index contributed by atoms with van der Waals surface area (Å²) >= 11 is 6.88. The Balaban J connectivity index is 1.86. The number of benzene rings is 1. The van der Waals surface area contributed by atoms with Crippen molar-refractivity contribution in [2.45, 2.75) is 30.8 Å². The average Bonchev–Trinajstić information content (AvgIpc) is 3.05. The van der Waals surface area contributed by atoms with Gasteiger partial charge in [-0.1, -0.05) is 17.7 Å². The van der Waals surface area contributed by atoms with Crippen LogP contribution in [0.2, 0.25) is 4.34 Å². The molecule has 0 saturated heterocycles. The van der Waals surface area contributed by atoms with Crippen LogP contribution in [0.15, 0.2) is 41.3 Å². The number of carbonyl (C=O) groups excluding carboxylic acids is 3. The van der Waals surface area contributed by atoms with Gasteiger partial charge in [0.15, 0.2) is 11.9 Å². The van der Waals surface area contributed by atoms with E-state index in [-0.39, 0.29) is 29.2 Å². The number of halogens is 1. The Labute approximate surface area is 170 Å². The number of thiophene rings is 1. The zero-order valence-electron chi connectivity index (χ0n) is 14.7. The first-order valence-electron chi connectivity index (χ1n) is 7.98. The Morgan fingerprint density at radius 3 is 2.54 bits per heavy atom. The van der Waals surface area contributed by atoms with Crippen molar-refractivity contribution in [3.63, 3.8) is 0 Å². The third-order valence-corrected chi connectivity index (χ3v) is 5.69. The highest BCUT2D eigenvalue weighted by molar-refractivity contribution is 7.89.